The van der Waals surface area contributed by atoms with Gasteiger partial charge in [-0.25, -0.2) is 0 Å². The fraction of sp³-hybridized carbons (Fsp3) is 0.833. The minimum atomic E-state index is -0.704. The Morgan fingerprint density at radius 2 is 1.64 bits per heavy atom. The maximum absolute atomic E-state index is 11.6. The second kappa shape index (κ2) is 17.4. The molecule has 1 heterocycles. The summed E-state index contributed by atoms with van der Waals surface area (Å²) in [5.41, 5.74) is 8.23. The molecule has 33 heavy (non-hydrogen) atoms. The summed E-state index contributed by atoms with van der Waals surface area (Å²) in [7, 11) is 0. The molecule has 2 unspecified atom stereocenters. The van der Waals surface area contributed by atoms with Crippen LogP contribution in [-0.4, -0.2) is 50.2 Å². The van der Waals surface area contributed by atoms with Gasteiger partial charge in [-0.2, -0.15) is 0 Å². The van der Waals surface area contributed by atoms with Crippen molar-refractivity contribution < 1.29 is 28.5 Å². The third kappa shape index (κ3) is 12.7. The highest BCUT2D eigenvalue weighted by atomic mass is 16.7. The molecule has 0 bridgehead atoms. The van der Waals surface area contributed by atoms with E-state index in [1.807, 2.05) is 19.9 Å². The average Bonchev–Trinajstić information content (AvgIpc) is 2.77. The Morgan fingerprint density at radius 3 is 2.27 bits per heavy atom. The third-order valence-electron chi connectivity index (χ3n) is 5.98. The SMILES string of the molecule is CC(=O)OCC1O[C@@H](OC/C=C/CCCCCCCCCN=[N+]=[N-])C(OC(C)=O)[C@@H](C)[C@H]1C. The summed E-state index contributed by atoms with van der Waals surface area (Å²) < 4.78 is 22.5. The van der Waals surface area contributed by atoms with Crippen LogP contribution in [0, 0.1) is 11.8 Å². The average molecular weight is 468 g/mol. The lowest BCUT2D eigenvalue weighted by Crippen LogP contribution is -2.53. The number of hydrogen-bond donors (Lipinski definition) is 0. The van der Waals surface area contributed by atoms with Gasteiger partial charge in [-0.15, -0.1) is 0 Å². The number of nitrogens with zero attached hydrogens (tertiary/aromatic N) is 3. The van der Waals surface area contributed by atoms with Crippen molar-refractivity contribution in [1.82, 2.24) is 0 Å². The van der Waals surface area contributed by atoms with Gasteiger partial charge in [0.2, 0.25) is 0 Å². The van der Waals surface area contributed by atoms with E-state index in [2.05, 4.69) is 16.1 Å². The summed E-state index contributed by atoms with van der Waals surface area (Å²) in [4.78, 5) is 25.5. The molecule has 188 valence electrons. The van der Waals surface area contributed by atoms with Crippen LogP contribution in [0.3, 0.4) is 0 Å². The van der Waals surface area contributed by atoms with E-state index in [9.17, 15) is 9.59 Å². The normalized spacial score (nSPS) is 24.9. The van der Waals surface area contributed by atoms with Gasteiger partial charge >= 0.3 is 11.9 Å². The van der Waals surface area contributed by atoms with Crippen molar-refractivity contribution in [1.29, 1.82) is 0 Å². The number of carbonyl (C=O) groups excluding carboxylic acids is 2. The molecule has 0 aliphatic carbocycles. The lowest BCUT2D eigenvalue weighted by Gasteiger charge is -2.43. The second-order valence-electron chi connectivity index (χ2n) is 8.66. The molecule has 1 fully saturated rings. The molecule has 1 saturated heterocycles. The molecule has 1 aliphatic heterocycles. The van der Waals surface area contributed by atoms with E-state index < -0.39 is 12.4 Å². The van der Waals surface area contributed by atoms with Crippen LogP contribution >= 0.6 is 0 Å². The smallest absolute Gasteiger partial charge is 0.303 e. The van der Waals surface area contributed by atoms with Gasteiger partial charge in [0.05, 0.1) is 12.7 Å². The molecule has 0 radical (unpaired) electrons. The van der Waals surface area contributed by atoms with Crippen LogP contribution in [0.5, 0.6) is 0 Å². The minimum absolute atomic E-state index is 0.00346. The highest BCUT2D eigenvalue weighted by Gasteiger charge is 2.44. The van der Waals surface area contributed by atoms with Crippen molar-refractivity contribution in [2.45, 2.75) is 97.6 Å². The molecule has 0 aromatic carbocycles. The first-order valence-corrected chi connectivity index (χ1v) is 12.1. The number of hydrogen-bond acceptors (Lipinski definition) is 7. The maximum Gasteiger partial charge on any atom is 0.303 e. The number of unbranched alkanes of at least 4 members (excludes halogenated alkanes) is 7. The van der Waals surface area contributed by atoms with E-state index in [4.69, 9.17) is 24.5 Å². The predicted octanol–water partition coefficient (Wildman–Crippen LogP) is 5.48. The number of esters is 2. The summed E-state index contributed by atoms with van der Waals surface area (Å²) in [6.07, 6.45) is 11.5. The van der Waals surface area contributed by atoms with Crippen LogP contribution < -0.4 is 0 Å². The molecular formula is C24H41N3O6. The first-order valence-electron chi connectivity index (χ1n) is 12.1. The zero-order valence-electron chi connectivity index (χ0n) is 20.6. The zero-order valence-corrected chi connectivity index (χ0v) is 20.6. The number of ether oxygens (including phenoxy) is 4. The highest BCUT2D eigenvalue weighted by Crippen LogP contribution is 2.33. The van der Waals surface area contributed by atoms with Crippen LogP contribution in [0.4, 0.5) is 0 Å². The minimum Gasteiger partial charge on any atom is -0.463 e. The number of rotatable bonds is 16. The monoisotopic (exact) mass is 467 g/mol. The van der Waals surface area contributed by atoms with Gasteiger partial charge in [0.25, 0.3) is 0 Å². The van der Waals surface area contributed by atoms with Crippen LogP contribution in [0.25, 0.3) is 10.4 Å². The molecule has 0 N–H and O–H groups in total. The Bertz CT molecular complexity index is 648. The van der Waals surface area contributed by atoms with Gasteiger partial charge in [-0.05, 0) is 30.7 Å². The van der Waals surface area contributed by atoms with Gasteiger partial charge in [0.1, 0.15) is 6.61 Å². The Labute approximate surface area is 197 Å². The Balaban J connectivity index is 2.32. The van der Waals surface area contributed by atoms with E-state index in [1.165, 1.54) is 39.5 Å². The second-order valence-corrected chi connectivity index (χ2v) is 8.66. The topological polar surface area (TPSA) is 120 Å². The molecule has 0 aromatic heterocycles. The molecular weight excluding hydrogens is 426 g/mol. The lowest BCUT2D eigenvalue weighted by molar-refractivity contribution is -0.277. The molecule has 1 rings (SSSR count). The summed E-state index contributed by atoms with van der Waals surface area (Å²) >= 11 is 0. The molecule has 0 amide bonds. The van der Waals surface area contributed by atoms with Crippen molar-refractivity contribution in [3.05, 3.63) is 22.6 Å². The molecule has 9 heteroatoms. The van der Waals surface area contributed by atoms with Crippen molar-refractivity contribution in [2.24, 2.45) is 17.0 Å². The van der Waals surface area contributed by atoms with Gasteiger partial charge in [0.15, 0.2) is 12.4 Å². The van der Waals surface area contributed by atoms with Crippen molar-refractivity contribution in [3.63, 3.8) is 0 Å². The molecule has 5 atom stereocenters. The lowest BCUT2D eigenvalue weighted by atomic mass is 9.83. The molecule has 0 saturated carbocycles. The van der Waals surface area contributed by atoms with Crippen molar-refractivity contribution in [3.8, 4) is 0 Å². The fourth-order valence-corrected chi connectivity index (χ4v) is 3.85. The summed E-state index contributed by atoms with van der Waals surface area (Å²) in [6, 6.07) is 0. The van der Waals surface area contributed by atoms with E-state index in [1.54, 1.807) is 0 Å². The summed E-state index contributed by atoms with van der Waals surface area (Å²) in [6.45, 7) is 7.84. The molecule has 0 aromatic rings. The Hall–Kier alpha value is -2.09. The highest BCUT2D eigenvalue weighted by molar-refractivity contribution is 5.66. The first kappa shape index (κ1) is 28.9. The van der Waals surface area contributed by atoms with E-state index >= 15 is 0 Å². The number of carbonyl (C=O) groups is 2. The van der Waals surface area contributed by atoms with Gasteiger partial charge < -0.3 is 18.9 Å². The maximum atomic E-state index is 11.6. The standard InChI is InChI=1S/C24H41N3O6/c1-18-19(2)23(32-21(4)29)24(33-22(18)17-31-20(3)28)30-16-14-12-10-8-6-5-7-9-11-13-15-26-27-25/h12,14,18-19,22-24H,5-11,13,15-17H2,1-4H3/b14-12+/t18-,19+,22?,23?,24-/m1/s1. The zero-order chi connectivity index (χ0) is 24.5. The van der Waals surface area contributed by atoms with Crippen molar-refractivity contribution >= 4 is 11.9 Å². The van der Waals surface area contributed by atoms with Gasteiger partial charge in [-0.1, -0.05) is 63.2 Å². The van der Waals surface area contributed by atoms with Crippen molar-refractivity contribution in [2.75, 3.05) is 19.8 Å². The number of allylic oxidation sites excluding steroid dienone is 1. The van der Waals surface area contributed by atoms with Crippen LogP contribution in [0.1, 0.15) is 79.1 Å². The molecule has 9 nitrogen and oxygen atoms in total. The molecule has 1 aliphatic rings. The van der Waals surface area contributed by atoms with E-state index in [0.717, 1.165) is 25.7 Å². The van der Waals surface area contributed by atoms with Crippen LogP contribution in [-0.2, 0) is 28.5 Å². The van der Waals surface area contributed by atoms with Crippen LogP contribution in [0.2, 0.25) is 0 Å². The van der Waals surface area contributed by atoms with Crippen LogP contribution in [0.15, 0.2) is 17.3 Å². The first-order chi connectivity index (χ1) is 15.9. The summed E-state index contributed by atoms with van der Waals surface area (Å²) in [5.74, 6) is -0.696. The molecule has 0 spiro atoms. The number of azide groups is 1. The van der Waals surface area contributed by atoms with Gasteiger partial charge in [-0.3, -0.25) is 9.59 Å². The van der Waals surface area contributed by atoms with E-state index in [0.29, 0.717) is 13.2 Å². The Kier molecular flexibility index (Phi) is 15.3. The fourth-order valence-electron chi connectivity index (χ4n) is 3.85. The predicted molar refractivity (Wildman–Crippen MR) is 125 cm³/mol. The third-order valence-corrected chi connectivity index (χ3v) is 5.98. The largest absolute Gasteiger partial charge is 0.463 e. The Morgan fingerprint density at radius 1 is 0.970 bits per heavy atom. The quantitative estimate of drug-likeness (QED) is 0.0740. The van der Waals surface area contributed by atoms with Gasteiger partial charge in [0, 0.05) is 31.2 Å². The van der Waals surface area contributed by atoms with E-state index in [-0.39, 0.29) is 36.5 Å². The summed E-state index contributed by atoms with van der Waals surface area (Å²) in [5, 5.41) is 3.54.